The first-order valence-electron chi connectivity index (χ1n) is 11.9. The molecular formula is C28H21BrClIN2O4S2. The van der Waals surface area contributed by atoms with E-state index in [0.717, 1.165) is 24.0 Å². The summed E-state index contributed by atoms with van der Waals surface area (Å²) in [5.74, 6) is 0.172. The van der Waals surface area contributed by atoms with Crippen molar-refractivity contribution in [3.63, 3.8) is 0 Å². The van der Waals surface area contributed by atoms with Crippen LogP contribution in [0.3, 0.4) is 0 Å². The number of hydrogen-bond donors (Lipinski definition) is 0. The number of aromatic nitrogens is 1. The largest absolute Gasteiger partial charge is 0.487 e. The maximum Gasteiger partial charge on any atom is 0.338 e. The quantitative estimate of drug-likeness (QED) is 0.161. The number of halogens is 3. The van der Waals surface area contributed by atoms with Gasteiger partial charge in [-0.3, -0.25) is 9.36 Å². The Kier molecular flexibility index (Phi) is 8.77. The van der Waals surface area contributed by atoms with Crippen molar-refractivity contribution >= 4 is 84.8 Å². The third-order valence-corrected chi connectivity index (χ3v) is 9.52. The van der Waals surface area contributed by atoms with Crippen LogP contribution in [0.15, 0.2) is 79.4 Å². The summed E-state index contributed by atoms with van der Waals surface area (Å²) in [6.07, 6.45) is 1.81. The van der Waals surface area contributed by atoms with E-state index in [1.165, 1.54) is 22.7 Å². The topological polar surface area (TPSA) is 69.9 Å². The maximum absolute atomic E-state index is 13.9. The van der Waals surface area contributed by atoms with Crippen LogP contribution in [0.25, 0.3) is 6.08 Å². The third-order valence-electron chi connectivity index (χ3n) is 5.98. The van der Waals surface area contributed by atoms with Crippen LogP contribution >= 0.6 is 72.8 Å². The van der Waals surface area contributed by atoms with Gasteiger partial charge in [0.05, 0.1) is 26.0 Å². The zero-order valence-corrected chi connectivity index (χ0v) is 26.9. The lowest BCUT2D eigenvalue weighted by molar-refractivity contribution is -0.139. The average Bonchev–Trinajstić information content (AvgIpc) is 3.52. The molecule has 1 atom stereocenters. The van der Waals surface area contributed by atoms with Gasteiger partial charge in [0.1, 0.15) is 18.4 Å². The van der Waals surface area contributed by atoms with Crippen LogP contribution in [-0.2, 0) is 16.1 Å². The molecule has 11 heteroatoms. The monoisotopic (exact) mass is 754 g/mol. The summed E-state index contributed by atoms with van der Waals surface area (Å²) < 4.78 is 15.4. The second-order valence-corrected chi connectivity index (χ2v) is 13.0. The molecule has 0 unspecified atom stereocenters. The molecule has 0 amide bonds. The minimum Gasteiger partial charge on any atom is -0.487 e. The Labute approximate surface area is 259 Å². The van der Waals surface area contributed by atoms with Gasteiger partial charge in [0.25, 0.3) is 5.56 Å². The number of rotatable bonds is 7. The molecule has 1 aliphatic heterocycles. The fraction of sp³-hybridized carbons (Fsp3) is 0.179. The molecular weight excluding hydrogens is 735 g/mol. The SMILES string of the molecule is CCOC(=O)C1=C(C)N=c2s/c(=C\c3cc(Br)cc(I)c3OCc3ccccc3Cl)c(=O)n2[C@@H]1c1cccs1. The molecule has 0 saturated carbocycles. The Morgan fingerprint density at radius 3 is 2.77 bits per heavy atom. The molecule has 3 heterocycles. The van der Waals surface area contributed by atoms with E-state index in [4.69, 9.17) is 21.1 Å². The van der Waals surface area contributed by atoms with E-state index in [0.29, 0.717) is 31.4 Å². The van der Waals surface area contributed by atoms with Gasteiger partial charge in [-0.25, -0.2) is 9.79 Å². The number of thiazole rings is 1. The van der Waals surface area contributed by atoms with Gasteiger partial charge in [-0.2, -0.15) is 0 Å². The van der Waals surface area contributed by atoms with Crippen LogP contribution in [0.4, 0.5) is 0 Å². The summed E-state index contributed by atoms with van der Waals surface area (Å²) in [4.78, 5) is 32.9. The van der Waals surface area contributed by atoms with Gasteiger partial charge in [-0.15, -0.1) is 11.3 Å². The van der Waals surface area contributed by atoms with Crippen LogP contribution in [-0.4, -0.2) is 17.1 Å². The Hall–Kier alpha value is -2.25. The minimum atomic E-state index is -0.610. The van der Waals surface area contributed by atoms with Crippen molar-refractivity contribution in [1.29, 1.82) is 0 Å². The summed E-state index contributed by atoms with van der Waals surface area (Å²) in [5.41, 5.74) is 2.28. The van der Waals surface area contributed by atoms with Gasteiger partial charge in [-0.05, 0) is 72.2 Å². The van der Waals surface area contributed by atoms with E-state index in [9.17, 15) is 9.59 Å². The van der Waals surface area contributed by atoms with Crippen molar-refractivity contribution in [1.82, 2.24) is 4.57 Å². The van der Waals surface area contributed by atoms with E-state index in [1.807, 2.05) is 60.0 Å². The number of hydrogen-bond acceptors (Lipinski definition) is 7. The van der Waals surface area contributed by atoms with E-state index in [-0.39, 0.29) is 18.8 Å². The van der Waals surface area contributed by atoms with Gasteiger partial charge in [0, 0.05) is 25.5 Å². The summed E-state index contributed by atoms with van der Waals surface area (Å²) in [5, 5.41) is 2.55. The first kappa shape index (κ1) is 28.3. The molecule has 200 valence electrons. The minimum absolute atomic E-state index is 0.232. The van der Waals surface area contributed by atoms with Gasteiger partial charge >= 0.3 is 5.97 Å². The smallest absolute Gasteiger partial charge is 0.338 e. The number of nitrogens with zero attached hydrogens (tertiary/aromatic N) is 2. The van der Waals surface area contributed by atoms with Crippen molar-refractivity contribution in [2.75, 3.05) is 6.61 Å². The Balaban J connectivity index is 1.63. The number of esters is 1. The molecule has 39 heavy (non-hydrogen) atoms. The molecule has 0 fully saturated rings. The van der Waals surface area contributed by atoms with Crippen molar-refractivity contribution in [2.24, 2.45) is 4.99 Å². The number of carbonyl (C=O) groups excluding carboxylic acids is 1. The van der Waals surface area contributed by atoms with Gasteiger partial charge in [0.2, 0.25) is 0 Å². The predicted octanol–water partition coefficient (Wildman–Crippen LogP) is 6.46. The molecule has 0 saturated heterocycles. The zero-order valence-electron chi connectivity index (χ0n) is 20.7. The van der Waals surface area contributed by atoms with E-state index in [2.05, 4.69) is 43.5 Å². The molecule has 6 nitrogen and oxygen atoms in total. The first-order chi connectivity index (χ1) is 18.8. The van der Waals surface area contributed by atoms with Gasteiger partial charge in [-0.1, -0.05) is 63.1 Å². The lowest BCUT2D eigenvalue weighted by atomic mass is 10.0. The molecule has 5 rings (SSSR count). The fourth-order valence-corrected chi connectivity index (χ4v) is 8.01. The van der Waals surface area contributed by atoms with Gasteiger partial charge < -0.3 is 9.47 Å². The number of allylic oxidation sites excluding steroid dienone is 1. The number of thiophene rings is 1. The van der Waals surface area contributed by atoms with Crippen molar-refractivity contribution in [3.05, 3.63) is 114 Å². The van der Waals surface area contributed by atoms with E-state index in [1.54, 1.807) is 18.4 Å². The van der Waals surface area contributed by atoms with E-state index >= 15 is 0 Å². The third kappa shape index (κ3) is 5.81. The Morgan fingerprint density at radius 1 is 1.26 bits per heavy atom. The van der Waals surface area contributed by atoms with Crippen LogP contribution in [0.2, 0.25) is 5.02 Å². The second-order valence-electron chi connectivity index (χ2n) is 8.50. The van der Waals surface area contributed by atoms with Crippen LogP contribution in [0.5, 0.6) is 5.75 Å². The highest BCUT2D eigenvalue weighted by atomic mass is 127. The van der Waals surface area contributed by atoms with Crippen LogP contribution in [0.1, 0.15) is 35.9 Å². The highest BCUT2D eigenvalue weighted by Gasteiger charge is 2.34. The summed E-state index contributed by atoms with van der Waals surface area (Å²) in [6.45, 7) is 4.05. The highest BCUT2D eigenvalue weighted by Crippen LogP contribution is 2.34. The van der Waals surface area contributed by atoms with Crippen molar-refractivity contribution in [2.45, 2.75) is 26.5 Å². The molecule has 2 aromatic heterocycles. The normalized spacial score (nSPS) is 15.2. The summed E-state index contributed by atoms with van der Waals surface area (Å²) >= 11 is 14.9. The lowest BCUT2D eigenvalue weighted by Crippen LogP contribution is -2.39. The Morgan fingerprint density at radius 2 is 2.05 bits per heavy atom. The molecule has 0 bridgehead atoms. The van der Waals surface area contributed by atoms with Gasteiger partial charge in [0.15, 0.2) is 4.80 Å². The molecule has 0 spiro atoms. The number of carbonyl (C=O) groups is 1. The second kappa shape index (κ2) is 12.1. The zero-order chi connectivity index (χ0) is 27.7. The van der Waals surface area contributed by atoms with E-state index < -0.39 is 12.0 Å². The highest BCUT2D eigenvalue weighted by molar-refractivity contribution is 14.1. The standard InChI is InChI=1S/C28H21BrClIN2O4S2/c1-3-36-27(35)23-15(2)32-28-33(24(23)21-9-6-10-38-21)26(34)22(39-28)12-17-11-18(29)13-20(31)25(17)37-14-16-7-4-5-8-19(16)30/h4-13,24H,3,14H2,1-2H3/b22-12-/t24-/m1/s1. The Bertz CT molecular complexity index is 1780. The molecule has 1 aliphatic rings. The first-order valence-corrected chi connectivity index (χ1v) is 15.8. The maximum atomic E-state index is 13.9. The molecule has 4 aromatic rings. The number of benzene rings is 2. The molecule has 2 aromatic carbocycles. The van der Waals surface area contributed by atoms with Crippen molar-refractivity contribution < 1.29 is 14.3 Å². The predicted molar refractivity (Wildman–Crippen MR) is 167 cm³/mol. The average molecular weight is 756 g/mol. The van der Waals surface area contributed by atoms with Crippen LogP contribution in [0, 0.1) is 3.57 Å². The fourth-order valence-electron chi connectivity index (χ4n) is 4.25. The number of fused-ring (bicyclic) bond motifs is 1. The molecule has 0 aliphatic carbocycles. The lowest BCUT2D eigenvalue weighted by Gasteiger charge is -2.23. The van der Waals surface area contributed by atoms with Crippen molar-refractivity contribution in [3.8, 4) is 5.75 Å². The van der Waals surface area contributed by atoms with Crippen LogP contribution < -0.4 is 19.6 Å². The molecule has 0 radical (unpaired) electrons. The number of ether oxygens (including phenoxy) is 2. The summed E-state index contributed by atoms with van der Waals surface area (Å²) in [7, 11) is 0. The summed E-state index contributed by atoms with van der Waals surface area (Å²) in [6, 6.07) is 14.6. The molecule has 0 N–H and O–H groups in total.